The van der Waals surface area contributed by atoms with E-state index in [4.69, 9.17) is 10.5 Å². The molecule has 1 amide bonds. The molecule has 0 radical (unpaired) electrons. The van der Waals surface area contributed by atoms with Crippen molar-refractivity contribution in [2.24, 2.45) is 5.73 Å². The number of hydrogen-bond acceptors (Lipinski definition) is 3. The predicted molar refractivity (Wildman–Crippen MR) is 52.4 cm³/mol. The molecule has 0 aromatic heterocycles. The van der Waals surface area contributed by atoms with Gasteiger partial charge in [-0.15, -0.1) is 0 Å². The van der Waals surface area contributed by atoms with Crippen LogP contribution in [-0.4, -0.2) is 43.2 Å². The van der Waals surface area contributed by atoms with Crippen molar-refractivity contribution in [1.29, 1.82) is 0 Å². The molecule has 4 nitrogen and oxygen atoms in total. The Balaban J connectivity index is 4.09. The van der Waals surface area contributed by atoms with Gasteiger partial charge >= 0.3 is 0 Å². The summed E-state index contributed by atoms with van der Waals surface area (Å²) >= 11 is 0. The number of nitrogens with zero attached hydrogens (tertiary/aromatic N) is 1. The van der Waals surface area contributed by atoms with Crippen molar-refractivity contribution < 1.29 is 9.53 Å². The first kappa shape index (κ1) is 12.4. The Morgan fingerprint density at radius 1 is 1.54 bits per heavy atom. The van der Waals surface area contributed by atoms with Crippen LogP contribution in [0.5, 0.6) is 0 Å². The SMILES string of the molecule is CCOCC(=O)N(C)C(C)(C)CN. The summed E-state index contributed by atoms with van der Waals surface area (Å²) in [6.45, 7) is 6.86. The maximum atomic E-state index is 11.5. The zero-order valence-corrected chi connectivity index (χ0v) is 8.96. The lowest BCUT2D eigenvalue weighted by molar-refractivity contribution is -0.139. The third kappa shape index (κ3) is 3.74. The molecule has 0 aliphatic heterocycles. The van der Waals surface area contributed by atoms with Gasteiger partial charge in [0.2, 0.25) is 5.91 Å². The summed E-state index contributed by atoms with van der Waals surface area (Å²) in [5.41, 5.74) is 5.24. The molecule has 0 aliphatic rings. The second-order valence-electron chi connectivity index (χ2n) is 3.61. The Kier molecular flexibility index (Phi) is 4.95. The van der Waals surface area contributed by atoms with Crippen LogP contribution in [0.2, 0.25) is 0 Å². The number of nitrogens with two attached hydrogens (primary N) is 1. The standard InChI is InChI=1S/C9H20N2O2/c1-5-13-6-8(12)11(4)9(2,3)7-10/h5-7,10H2,1-4H3. The fourth-order valence-electron chi connectivity index (χ4n) is 0.761. The van der Waals surface area contributed by atoms with Gasteiger partial charge < -0.3 is 15.4 Å². The van der Waals surface area contributed by atoms with Crippen LogP contribution in [0.1, 0.15) is 20.8 Å². The molecule has 2 N–H and O–H groups in total. The molecule has 0 fully saturated rings. The molecule has 0 bridgehead atoms. The molecule has 0 rings (SSSR count). The number of carbonyl (C=O) groups is 1. The quantitative estimate of drug-likeness (QED) is 0.671. The van der Waals surface area contributed by atoms with Gasteiger partial charge in [0.15, 0.2) is 0 Å². The largest absolute Gasteiger partial charge is 0.372 e. The first-order valence-corrected chi connectivity index (χ1v) is 4.50. The van der Waals surface area contributed by atoms with Crippen molar-refractivity contribution in [1.82, 2.24) is 4.90 Å². The fourth-order valence-corrected chi connectivity index (χ4v) is 0.761. The molecular formula is C9H20N2O2. The van der Waals surface area contributed by atoms with Crippen LogP contribution < -0.4 is 5.73 Å². The zero-order valence-electron chi connectivity index (χ0n) is 8.96. The Bertz CT molecular complexity index is 169. The highest BCUT2D eigenvalue weighted by Gasteiger charge is 2.25. The number of rotatable bonds is 5. The summed E-state index contributed by atoms with van der Waals surface area (Å²) < 4.78 is 5.02. The first-order chi connectivity index (χ1) is 5.95. The van der Waals surface area contributed by atoms with E-state index in [0.29, 0.717) is 13.2 Å². The van der Waals surface area contributed by atoms with Crippen LogP contribution in [0.25, 0.3) is 0 Å². The van der Waals surface area contributed by atoms with Crippen molar-refractivity contribution >= 4 is 5.91 Å². The Morgan fingerprint density at radius 2 is 2.08 bits per heavy atom. The van der Waals surface area contributed by atoms with E-state index < -0.39 is 0 Å². The molecule has 0 aromatic rings. The van der Waals surface area contributed by atoms with E-state index in [1.807, 2.05) is 20.8 Å². The van der Waals surface area contributed by atoms with Gasteiger partial charge in [0.05, 0.1) is 0 Å². The molecule has 0 unspecified atom stereocenters. The molecule has 0 heterocycles. The van der Waals surface area contributed by atoms with Gasteiger partial charge in [-0.25, -0.2) is 0 Å². The highest BCUT2D eigenvalue weighted by molar-refractivity contribution is 5.77. The minimum Gasteiger partial charge on any atom is -0.372 e. The van der Waals surface area contributed by atoms with Gasteiger partial charge in [0, 0.05) is 25.7 Å². The molecule has 0 atom stereocenters. The molecule has 0 aliphatic carbocycles. The summed E-state index contributed by atoms with van der Waals surface area (Å²) in [6, 6.07) is 0. The molecule has 0 saturated carbocycles. The van der Waals surface area contributed by atoms with Crippen molar-refractivity contribution in [3.8, 4) is 0 Å². The van der Waals surface area contributed by atoms with Gasteiger partial charge in [0.25, 0.3) is 0 Å². The number of carbonyl (C=O) groups excluding carboxylic acids is 1. The van der Waals surface area contributed by atoms with Gasteiger partial charge in [-0.2, -0.15) is 0 Å². The van der Waals surface area contributed by atoms with E-state index in [-0.39, 0.29) is 18.1 Å². The molecule has 0 saturated heterocycles. The Hall–Kier alpha value is -0.610. The van der Waals surface area contributed by atoms with Crippen LogP contribution in [0, 0.1) is 0 Å². The summed E-state index contributed by atoms with van der Waals surface area (Å²) in [5, 5.41) is 0. The summed E-state index contributed by atoms with van der Waals surface area (Å²) in [4.78, 5) is 13.1. The van der Waals surface area contributed by atoms with Crippen molar-refractivity contribution in [2.45, 2.75) is 26.3 Å². The molecule has 4 heteroatoms. The first-order valence-electron chi connectivity index (χ1n) is 4.50. The molecule has 13 heavy (non-hydrogen) atoms. The van der Waals surface area contributed by atoms with E-state index in [0.717, 1.165) is 0 Å². The lowest BCUT2D eigenvalue weighted by Gasteiger charge is -2.34. The average molecular weight is 188 g/mol. The molecule has 78 valence electrons. The molecular weight excluding hydrogens is 168 g/mol. The Labute approximate surface area is 80.0 Å². The molecule has 0 aromatic carbocycles. The van der Waals surface area contributed by atoms with Gasteiger partial charge in [0.1, 0.15) is 6.61 Å². The lowest BCUT2D eigenvalue weighted by atomic mass is 10.0. The minimum absolute atomic E-state index is 0.0303. The van der Waals surface area contributed by atoms with Gasteiger partial charge in [-0.1, -0.05) is 0 Å². The summed E-state index contributed by atoms with van der Waals surface area (Å²) in [6.07, 6.45) is 0. The topological polar surface area (TPSA) is 55.6 Å². The third-order valence-electron chi connectivity index (χ3n) is 2.21. The van der Waals surface area contributed by atoms with Gasteiger partial charge in [-0.05, 0) is 20.8 Å². The van der Waals surface area contributed by atoms with Crippen molar-refractivity contribution in [2.75, 3.05) is 26.8 Å². The summed E-state index contributed by atoms with van der Waals surface area (Å²) in [5.74, 6) is -0.0303. The smallest absolute Gasteiger partial charge is 0.248 e. The third-order valence-corrected chi connectivity index (χ3v) is 2.21. The van der Waals surface area contributed by atoms with Crippen LogP contribution in [0.4, 0.5) is 0 Å². The predicted octanol–water partition coefficient (Wildman–Crippen LogP) is 0.219. The van der Waals surface area contributed by atoms with Gasteiger partial charge in [-0.3, -0.25) is 4.79 Å². The highest BCUT2D eigenvalue weighted by atomic mass is 16.5. The van der Waals surface area contributed by atoms with Crippen LogP contribution >= 0.6 is 0 Å². The highest BCUT2D eigenvalue weighted by Crippen LogP contribution is 2.09. The maximum Gasteiger partial charge on any atom is 0.248 e. The van der Waals surface area contributed by atoms with Crippen molar-refractivity contribution in [3.05, 3.63) is 0 Å². The zero-order chi connectivity index (χ0) is 10.5. The lowest BCUT2D eigenvalue weighted by Crippen LogP contribution is -2.51. The van der Waals surface area contributed by atoms with E-state index in [1.165, 1.54) is 0 Å². The second kappa shape index (κ2) is 5.19. The van der Waals surface area contributed by atoms with Crippen LogP contribution in [0.15, 0.2) is 0 Å². The average Bonchev–Trinajstić information content (AvgIpc) is 2.12. The Morgan fingerprint density at radius 3 is 2.46 bits per heavy atom. The summed E-state index contributed by atoms with van der Waals surface area (Å²) in [7, 11) is 1.74. The number of likely N-dealkylation sites (N-methyl/N-ethyl adjacent to an activating group) is 1. The molecule has 0 spiro atoms. The minimum atomic E-state index is -0.297. The second-order valence-corrected chi connectivity index (χ2v) is 3.61. The normalized spacial score (nSPS) is 11.5. The van der Waals surface area contributed by atoms with Crippen molar-refractivity contribution in [3.63, 3.8) is 0 Å². The van der Waals surface area contributed by atoms with E-state index >= 15 is 0 Å². The van der Waals surface area contributed by atoms with E-state index in [9.17, 15) is 4.79 Å². The van der Waals surface area contributed by atoms with Crippen LogP contribution in [0.3, 0.4) is 0 Å². The fraction of sp³-hybridized carbons (Fsp3) is 0.889. The number of ether oxygens (including phenoxy) is 1. The number of amides is 1. The van der Waals surface area contributed by atoms with E-state index in [2.05, 4.69) is 0 Å². The monoisotopic (exact) mass is 188 g/mol. The maximum absolute atomic E-state index is 11.5. The number of hydrogen-bond donors (Lipinski definition) is 1. The van der Waals surface area contributed by atoms with E-state index in [1.54, 1.807) is 11.9 Å². The van der Waals surface area contributed by atoms with Crippen LogP contribution in [-0.2, 0) is 9.53 Å².